The van der Waals surface area contributed by atoms with Crippen LogP contribution in [0.2, 0.25) is 0 Å². The topological polar surface area (TPSA) is 36.9 Å². The summed E-state index contributed by atoms with van der Waals surface area (Å²) in [6.07, 6.45) is 4.52. The first-order valence-corrected chi connectivity index (χ1v) is 16.4. The van der Waals surface area contributed by atoms with E-state index in [2.05, 4.69) is 84.9 Å². The van der Waals surface area contributed by atoms with E-state index in [0.717, 1.165) is 56.4 Å². The molecule has 0 aliphatic heterocycles. The zero-order chi connectivity index (χ0) is 31.9. The van der Waals surface area contributed by atoms with Gasteiger partial charge in [-0.2, -0.15) is 0 Å². The Morgan fingerprint density at radius 3 is 0.870 bits per heavy atom. The third-order valence-electron chi connectivity index (χ3n) is 7.67. The highest BCUT2D eigenvalue weighted by atomic mass is 32.1. The minimum atomic E-state index is 0.834. The molecule has 0 atom stereocenters. The number of hydrogen-bond acceptors (Lipinski definition) is 6. The maximum absolute atomic E-state index is 5.40. The van der Waals surface area contributed by atoms with E-state index in [9.17, 15) is 0 Å². The van der Waals surface area contributed by atoms with Crippen LogP contribution in [0.15, 0.2) is 121 Å². The first kappa shape index (κ1) is 31.0. The SMILES string of the molecule is COc1ccc(C(=Cc2ccc(-c3ccc(C=C(c4ccc(OC)cc4)c4ccc(OC)cc4)s3)s2)c2ccc(OC)cc2)cc1. The summed E-state index contributed by atoms with van der Waals surface area (Å²) in [7, 11) is 6.75. The average Bonchev–Trinajstić information content (AvgIpc) is 3.80. The van der Waals surface area contributed by atoms with E-state index in [1.165, 1.54) is 19.5 Å². The van der Waals surface area contributed by atoms with Crippen LogP contribution in [0.5, 0.6) is 23.0 Å². The van der Waals surface area contributed by atoms with Crippen LogP contribution in [-0.4, -0.2) is 28.4 Å². The molecule has 0 spiro atoms. The normalized spacial score (nSPS) is 10.6. The molecule has 0 radical (unpaired) electrons. The number of thiophene rings is 2. The number of hydrogen-bond donors (Lipinski definition) is 0. The summed E-state index contributed by atoms with van der Waals surface area (Å²) in [5.74, 6) is 3.34. The summed E-state index contributed by atoms with van der Waals surface area (Å²) in [5, 5.41) is 0. The second-order valence-electron chi connectivity index (χ2n) is 10.4. The molecule has 0 amide bonds. The lowest BCUT2D eigenvalue weighted by Crippen LogP contribution is -1.90. The van der Waals surface area contributed by atoms with Gasteiger partial charge in [-0.3, -0.25) is 0 Å². The predicted octanol–water partition coefficient (Wildman–Crippen LogP) is 10.7. The van der Waals surface area contributed by atoms with Crippen LogP contribution in [0, 0.1) is 0 Å². The van der Waals surface area contributed by atoms with Gasteiger partial charge < -0.3 is 18.9 Å². The molecule has 4 nitrogen and oxygen atoms in total. The van der Waals surface area contributed by atoms with Crippen LogP contribution < -0.4 is 18.9 Å². The van der Waals surface area contributed by atoms with Crippen molar-refractivity contribution in [1.82, 2.24) is 0 Å². The predicted molar refractivity (Wildman–Crippen MR) is 194 cm³/mol. The fourth-order valence-corrected chi connectivity index (χ4v) is 7.15. The summed E-state index contributed by atoms with van der Waals surface area (Å²) in [6, 6.07) is 41.6. The van der Waals surface area contributed by atoms with Crippen molar-refractivity contribution in [3.8, 4) is 32.8 Å². The van der Waals surface area contributed by atoms with Crippen LogP contribution in [0.25, 0.3) is 33.1 Å². The van der Waals surface area contributed by atoms with Crippen molar-refractivity contribution < 1.29 is 18.9 Å². The zero-order valence-electron chi connectivity index (χ0n) is 26.2. The molecule has 6 rings (SSSR count). The highest BCUT2D eigenvalue weighted by Crippen LogP contribution is 2.38. The van der Waals surface area contributed by atoms with Gasteiger partial charge in [-0.05, 0) is 118 Å². The lowest BCUT2D eigenvalue weighted by atomic mass is 9.97. The summed E-state index contributed by atoms with van der Waals surface area (Å²) in [4.78, 5) is 4.82. The van der Waals surface area contributed by atoms with Crippen LogP contribution in [0.1, 0.15) is 32.0 Å². The van der Waals surface area contributed by atoms with Gasteiger partial charge in [0.25, 0.3) is 0 Å². The first-order chi connectivity index (χ1) is 22.6. The van der Waals surface area contributed by atoms with Crippen molar-refractivity contribution >= 4 is 46.0 Å². The summed E-state index contributed by atoms with van der Waals surface area (Å²) >= 11 is 3.58. The molecule has 0 unspecified atom stereocenters. The molecule has 2 aromatic heterocycles. The fourth-order valence-electron chi connectivity index (χ4n) is 5.16. The van der Waals surface area contributed by atoms with Gasteiger partial charge in [0.15, 0.2) is 0 Å². The van der Waals surface area contributed by atoms with Crippen LogP contribution in [0.4, 0.5) is 0 Å². The molecular weight excluding hydrogens is 609 g/mol. The molecule has 6 heteroatoms. The molecule has 230 valence electrons. The largest absolute Gasteiger partial charge is 0.497 e. The molecule has 4 aromatic carbocycles. The maximum atomic E-state index is 5.40. The van der Waals surface area contributed by atoms with Crippen molar-refractivity contribution in [2.24, 2.45) is 0 Å². The van der Waals surface area contributed by atoms with E-state index < -0.39 is 0 Å². The molecular formula is C40H34O4S2. The summed E-state index contributed by atoms with van der Waals surface area (Å²) in [6.45, 7) is 0. The number of rotatable bonds is 11. The molecule has 0 aliphatic rings. The number of benzene rings is 4. The minimum Gasteiger partial charge on any atom is -0.497 e. The Morgan fingerprint density at radius 1 is 0.370 bits per heavy atom. The van der Waals surface area contributed by atoms with Gasteiger partial charge in [0, 0.05) is 19.5 Å². The van der Waals surface area contributed by atoms with Crippen molar-refractivity contribution in [2.75, 3.05) is 28.4 Å². The molecule has 2 heterocycles. The van der Waals surface area contributed by atoms with Crippen molar-refractivity contribution in [3.05, 3.63) is 153 Å². The van der Waals surface area contributed by atoms with Gasteiger partial charge in [-0.15, -0.1) is 22.7 Å². The van der Waals surface area contributed by atoms with E-state index in [-0.39, 0.29) is 0 Å². The molecule has 6 aromatic rings. The van der Waals surface area contributed by atoms with Gasteiger partial charge in [-0.25, -0.2) is 0 Å². The van der Waals surface area contributed by atoms with Gasteiger partial charge in [0.1, 0.15) is 23.0 Å². The monoisotopic (exact) mass is 642 g/mol. The number of ether oxygens (including phenoxy) is 4. The minimum absolute atomic E-state index is 0.834. The smallest absolute Gasteiger partial charge is 0.118 e. The maximum Gasteiger partial charge on any atom is 0.118 e. The zero-order valence-corrected chi connectivity index (χ0v) is 27.8. The quantitative estimate of drug-likeness (QED) is 0.141. The Hall–Kier alpha value is -5.04. The van der Waals surface area contributed by atoms with Gasteiger partial charge in [-0.1, -0.05) is 48.5 Å². The second-order valence-corrected chi connectivity index (χ2v) is 12.7. The Kier molecular flexibility index (Phi) is 9.68. The van der Waals surface area contributed by atoms with E-state index in [4.69, 9.17) is 18.9 Å². The molecule has 0 bridgehead atoms. The van der Waals surface area contributed by atoms with Gasteiger partial charge in [0.2, 0.25) is 0 Å². The van der Waals surface area contributed by atoms with E-state index in [0.29, 0.717) is 0 Å². The third kappa shape index (κ3) is 7.09. The van der Waals surface area contributed by atoms with Crippen molar-refractivity contribution in [3.63, 3.8) is 0 Å². The first-order valence-electron chi connectivity index (χ1n) is 14.8. The molecule has 0 saturated heterocycles. The number of methoxy groups -OCH3 is 4. The van der Waals surface area contributed by atoms with E-state index in [1.807, 2.05) is 48.5 Å². The van der Waals surface area contributed by atoms with Crippen LogP contribution in [-0.2, 0) is 0 Å². The Balaban J connectivity index is 1.33. The summed E-state index contributed by atoms with van der Waals surface area (Å²) < 4.78 is 21.6. The van der Waals surface area contributed by atoms with Crippen molar-refractivity contribution in [2.45, 2.75) is 0 Å². The van der Waals surface area contributed by atoms with Gasteiger partial charge in [0.05, 0.1) is 28.4 Å². The standard InChI is InChI=1S/C40H34O4S2/c1-41-31-13-5-27(6-14-31)37(28-7-15-32(42-2)16-8-28)25-35-21-23-39(45-35)40-24-22-36(46-40)26-38(29-9-17-33(43-3)18-10-29)30-11-19-34(44-4)20-12-30/h5-26H,1-4H3. The van der Waals surface area contributed by atoms with Crippen LogP contribution >= 0.6 is 22.7 Å². The Bertz CT molecular complexity index is 1700. The highest BCUT2D eigenvalue weighted by molar-refractivity contribution is 7.23. The molecule has 46 heavy (non-hydrogen) atoms. The van der Waals surface area contributed by atoms with Gasteiger partial charge >= 0.3 is 0 Å². The highest BCUT2D eigenvalue weighted by Gasteiger charge is 2.12. The second kappa shape index (κ2) is 14.4. The lowest BCUT2D eigenvalue weighted by molar-refractivity contribution is 0.414. The Morgan fingerprint density at radius 2 is 0.630 bits per heavy atom. The van der Waals surface area contributed by atoms with E-state index >= 15 is 0 Å². The lowest BCUT2D eigenvalue weighted by Gasteiger charge is -2.10. The van der Waals surface area contributed by atoms with Crippen molar-refractivity contribution in [1.29, 1.82) is 0 Å². The third-order valence-corrected chi connectivity index (χ3v) is 9.93. The molecule has 0 N–H and O–H groups in total. The molecule has 0 fully saturated rings. The Labute approximate surface area is 278 Å². The fraction of sp³-hybridized carbons (Fsp3) is 0.100. The molecule has 0 saturated carbocycles. The summed E-state index contributed by atoms with van der Waals surface area (Å²) in [5.41, 5.74) is 6.75. The average molecular weight is 643 g/mol. The van der Waals surface area contributed by atoms with E-state index in [1.54, 1.807) is 51.1 Å². The molecule has 0 aliphatic carbocycles. The van der Waals surface area contributed by atoms with Crippen LogP contribution in [0.3, 0.4) is 0 Å².